The second kappa shape index (κ2) is 9.15. The molecule has 2 heterocycles. The molecule has 0 unspecified atom stereocenters. The van der Waals surface area contributed by atoms with Crippen LogP contribution in [0, 0.1) is 0 Å². The lowest BCUT2D eigenvalue weighted by Crippen LogP contribution is -2.51. The van der Waals surface area contributed by atoms with Crippen LogP contribution in [0.5, 0.6) is 0 Å². The van der Waals surface area contributed by atoms with Crippen LogP contribution in [-0.2, 0) is 9.53 Å². The molecule has 2 rings (SSSR count). The van der Waals surface area contributed by atoms with Gasteiger partial charge in [0.15, 0.2) is 0 Å². The van der Waals surface area contributed by atoms with Crippen LogP contribution in [0.25, 0.3) is 0 Å². The highest BCUT2D eigenvalue weighted by Gasteiger charge is 2.39. The molecule has 1 saturated heterocycles. The molecule has 126 valence electrons. The van der Waals surface area contributed by atoms with E-state index < -0.39 is 5.60 Å². The highest BCUT2D eigenvalue weighted by molar-refractivity contribution is 5.96. The first-order valence-corrected chi connectivity index (χ1v) is 6.78. The number of carbonyl (C=O) groups is 1. The van der Waals surface area contributed by atoms with Gasteiger partial charge >= 0.3 is 0 Å². The molecule has 0 aromatic carbocycles. The van der Waals surface area contributed by atoms with Crippen molar-refractivity contribution in [1.82, 2.24) is 10.3 Å². The highest BCUT2D eigenvalue weighted by atomic mass is 35.5. The van der Waals surface area contributed by atoms with E-state index in [0.29, 0.717) is 18.7 Å². The largest absolute Gasteiger partial charge is 0.376 e. The van der Waals surface area contributed by atoms with Gasteiger partial charge in [-0.05, 0) is 38.1 Å². The zero-order valence-electron chi connectivity index (χ0n) is 13.1. The molecule has 1 fully saturated rings. The number of rotatable bonds is 4. The number of anilines is 2. The van der Waals surface area contributed by atoms with E-state index in [1.54, 1.807) is 19.4 Å². The minimum absolute atomic E-state index is 0. The number of halogens is 2. The molecular weight excluding hydrogens is 327 g/mol. The fourth-order valence-electron chi connectivity index (χ4n) is 2.31. The van der Waals surface area contributed by atoms with Gasteiger partial charge in [0.1, 0.15) is 11.4 Å². The highest BCUT2D eigenvalue weighted by Crippen LogP contribution is 2.24. The van der Waals surface area contributed by atoms with Crippen LogP contribution >= 0.6 is 24.8 Å². The van der Waals surface area contributed by atoms with Gasteiger partial charge in [-0.15, -0.1) is 24.8 Å². The summed E-state index contributed by atoms with van der Waals surface area (Å²) >= 11 is 0. The lowest BCUT2D eigenvalue weighted by Gasteiger charge is -2.34. The predicted molar refractivity (Wildman–Crippen MR) is 93.5 cm³/mol. The van der Waals surface area contributed by atoms with Crippen LogP contribution in [0.1, 0.15) is 12.8 Å². The average Bonchev–Trinajstić information content (AvgIpc) is 2.48. The van der Waals surface area contributed by atoms with Gasteiger partial charge in [0.05, 0.1) is 11.9 Å². The van der Waals surface area contributed by atoms with Crippen molar-refractivity contribution in [3.8, 4) is 0 Å². The van der Waals surface area contributed by atoms with E-state index in [2.05, 4.69) is 15.6 Å². The quantitative estimate of drug-likeness (QED) is 0.864. The molecule has 0 atom stereocenters. The summed E-state index contributed by atoms with van der Waals surface area (Å²) in [7, 11) is 5.49. The number of hydrogen-bond acceptors (Lipinski definition) is 5. The molecule has 0 saturated carbocycles. The third-order valence-electron chi connectivity index (χ3n) is 3.72. The van der Waals surface area contributed by atoms with Gasteiger partial charge < -0.3 is 20.3 Å². The zero-order chi connectivity index (χ0) is 14.6. The maximum Gasteiger partial charge on any atom is 0.257 e. The molecule has 8 heteroatoms. The molecule has 1 aliphatic heterocycles. The number of pyridine rings is 1. The molecule has 6 nitrogen and oxygen atoms in total. The summed E-state index contributed by atoms with van der Waals surface area (Å²) in [6.45, 7) is 1.57. The van der Waals surface area contributed by atoms with Gasteiger partial charge in [-0.25, -0.2) is 4.98 Å². The van der Waals surface area contributed by atoms with Crippen LogP contribution in [0.4, 0.5) is 11.5 Å². The summed E-state index contributed by atoms with van der Waals surface area (Å²) in [6, 6.07) is 3.72. The van der Waals surface area contributed by atoms with Crippen LogP contribution in [0.3, 0.4) is 0 Å². The number of methoxy groups -OCH3 is 1. The first-order chi connectivity index (χ1) is 9.57. The van der Waals surface area contributed by atoms with Gasteiger partial charge in [0, 0.05) is 21.2 Å². The second-order valence-electron chi connectivity index (χ2n) is 5.20. The number of piperidine rings is 1. The SMILES string of the molecule is COC1(C(=O)Nc2ccc(N(C)C)cn2)CCNCC1.Cl.Cl. The van der Waals surface area contributed by atoms with Crippen molar-refractivity contribution in [3.05, 3.63) is 18.3 Å². The zero-order valence-corrected chi connectivity index (χ0v) is 14.7. The summed E-state index contributed by atoms with van der Waals surface area (Å²) in [5, 5.41) is 6.08. The fraction of sp³-hybridized carbons (Fsp3) is 0.571. The molecule has 22 heavy (non-hydrogen) atoms. The van der Waals surface area contributed by atoms with E-state index in [1.165, 1.54) is 0 Å². The normalized spacial score (nSPS) is 16.0. The monoisotopic (exact) mass is 350 g/mol. The molecule has 0 bridgehead atoms. The molecule has 2 N–H and O–H groups in total. The topological polar surface area (TPSA) is 66.5 Å². The Labute approximate surface area is 143 Å². The summed E-state index contributed by atoms with van der Waals surface area (Å²) in [5.41, 5.74) is 0.249. The second-order valence-corrected chi connectivity index (χ2v) is 5.20. The van der Waals surface area contributed by atoms with Gasteiger partial charge in [-0.3, -0.25) is 4.79 Å². The Hall–Kier alpha value is -1.08. The molecule has 1 amide bonds. The summed E-state index contributed by atoms with van der Waals surface area (Å²) < 4.78 is 5.49. The number of amides is 1. The van der Waals surface area contributed by atoms with Gasteiger partial charge in [0.2, 0.25) is 0 Å². The van der Waals surface area contributed by atoms with Crippen molar-refractivity contribution < 1.29 is 9.53 Å². The van der Waals surface area contributed by atoms with E-state index in [-0.39, 0.29) is 30.7 Å². The Kier molecular flexibility index (Phi) is 8.70. The van der Waals surface area contributed by atoms with Gasteiger partial charge in [-0.2, -0.15) is 0 Å². The minimum atomic E-state index is -0.743. The van der Waals surface area contributed by atoms with Crippen molar-refractivity contribution in [1.29, 1.82) is 0 Å². The number of hydrogen-bond donors (Lipinski definition) is 2. The standard InChI is InChI=1S/C14H22N4O2.2ClH/c1-18(2)11-4-5-12(16-10-11)17-13(19)14(20-3)6-8-15-9-7-14;;/h4-5,10,15H,6-9H2,1-3H3,(H,16,17,19);2*1H. The molecule has 1 aliphatic rings. The number of aromatic nitrogens is 1. The summed E-state index contributed by atoms with van der Waals surface area (Å²) in [6.07, 6.45) is 3.08. The Morgan fingerprint density at radius 3 is 2.41 bits per heavy atom. The van der Waals surface area contributed by atoms with Crippen LogP contribution in [0.2, 0.25) is 0 Å². The van der Waals surface area contributed by atoms with Gasteiger partial charge in [0.25, 0.3) is 5.91 Å². The number of nitrogens with zero attached hydrogens (tertiary/aromatic N) is 2. The summed E-state index contributed by atoms with van der Waals surface area (Å²) in [4.78, 5) is 18.6. The minimum Gasteiger partial charge on any atom is -0.376 e. The van der Waals surface area contributed by atoms with Crippen LogP contribution < -0.4 is 15.5 Å². The third-order valence-corrected chi connectivity index (χ3v) is 3.72. The van der Waals surface area contributed by atoms with Crippen molar-refractivity contribution in [2.24, 2.45) is 0 Å². The van der Waals surface area contributed by atoms with Crippen molar-refractivity contribution >= 4 is 42.2 Å². The lowest BCUT2D eigenvalue weighted by atomic mass is 9.91. The van der Waals surface area contributed by atoms with E-state index in [1.807, 2.05) is 25.1 Å². The molecule has 0 aliphatic carbocycles. The maximum atomic E-state index is 12.4. The van der Waals surface area contributed by atoms with Crippen molar-refractivity contribution in [2.45, 2.75) is 18.4 Å². The van der Waals surface area contributed by atoms with Crippen LogP contribution in [0.15, 0.2) is 18.3 Å². The van der Waals surface area contributed by atoms with Crippen molar-refractivity contribution in [3.63, 3.8) is 0 Å². The molecule has 0 radical (unpaired) electrons. The Balaban J connectivity index is 0.00000220. The number of nitrogens with one attached hydrogen (secondary N) is 2. The first kappa shape index (κ1) is 20.9. The van der Waals surface area contributed by atoms with Gasteiger partial charge in [-0.1, -0.05) is 0 Å². The predicted octanol–water partition coefficient (Wildman–Crippen LogP) is 1.70. The molecule has 1 aromatic rings. The van der Waals surface area contributed by atoms with Crippen molar-refractivity contribution in [2.75, 3.05) is 44.5 Å². The molecular formula is C14H24Cl2N4O2. The Morgan fingerprint density at radius 2 is 1.95 bits per heavy atom. The average molecular weight is 351 g/mol. The van der Waals surface area contributed by atoms with E-state index in [0.717, 1.165) is 18.8 Å². The molecule has 1 aromatic heterocycles. The number of carbonyl (C=O) groups excluding carboxylic acids is 1. The summed E-state index contributed by atoms with van der Waals surface area (Å²) in [5.74, 6) is 0.433. The first-order valence-electron chi connectivity index (χ1n) is 6.78. The maximum absolute atomic E-state index is 12.4. The Bertz CT molecular complexity index is 462. The Morgan fingerprint density at radius 1 is 1.32 bits per heavy atom. The lowest BCUT2D eigenvalue weighted by molar-refractivity contribution is -0.140. The van der Waals surface area contributed by atoms with E-state index in [9.17, 15) is 4.79 Å². The fourth-order valence-corrected chi connectivity index (χ4v) is 2.31. The van der Waals surface area contributed by atoms with E-state index >= 15 is 0 Å². The number of ether oxygens (including phenoxy) is 1. The molecule has 0 spiro atoms. The van der Waals surface area contributed by atoms with E-state index in [4.69, 9.17) is 4.74 Å². The third kappa shape index (κ3) is 4.71. The van der Waals surface area contributed by atoms with Crippen LogP contribution in [-0.4, -0.2) is 50.8 Å². The smallest absolute Gasteiger partial charge is 0.257 e.